The first-order chi connectivity index (χ1) is 12.0. The molecule has 1 fully saturated rings. The summed E-state index contributed by atoms with van der Waals surface area (Å²) in [5.41, 5.74) is 1.30. The van der Waals surface area contributed by atoms with Crippen LogP contribution in [0.15, 0.2) is 33.5 Å². The average Bonchev–Trinajstić information content (AvgIpc) is 2.93. The van der Waals surface area contributed by atoms with E-state index < -0.39 is 5.76 Å². The number of nitrogens with one attached hydrogen (secondary N) is 1. The highest BCUT2D eigenvalue weighted by molar-refractivity contribution is 5.76. The van der Waals surface area contributed by atoms with E-state index in [-0.39, 0.29) is 12.3 Å². The molecule has 0 radical (unpaired) electrons. The summed E-state index contributed by atoms with van der Waals surface area (Å²) in [7, 11) is 0. The van der Waals surface area contributed by atoms with Gasteiger partial charge in [0.2, 0.25) is 5.91 Å². The van der Waals surface area contributed by atoms with Gasteiger partial charge in [0.05, 0.1) is 5.52 Å². The second kappa shape index (κ2) is 7.87. The number of likely N-dealkylation sites (tertiary alicyclic amines) is 1. The quantitative estimate of drug-likeness (QED) is 0.872. The molecule has 1 amide bonds. The molecule has 2 aromatic rings. The summed E-state index contributed by atoms with van der Waals surface area (Å²) in [6.45, 7) is 7.68. The SMILES string of the molecule is CC(C)N1CCC[C@@H](CNC(=O)CCn2c(=O)oc3ccccc32)C1. The topological polar surface area (TPSA) is 67.5 Å². The zero-order chi connectivity index (χ0) is 17.8. The largest absolute Gasteiger partial charge is 0.419 e. The number of benzene rings is 1. The lowest BCUT2D eigenvalue weighted by Gasteiger charge is -2.35. The normalized spacial score (nSPS) is 18.8. The molecule has 0 unspecified atom stereocenters. The molecular weight excluding hydrogens is 318 g/mol. The number of piperidine rings is 1. The third-order valence-corrected chi connectivity index (χ3v) is 5.00. The number of para-hydroxylation sites is 2. The van der Waals surface area contributed by atoms with E-state index in [2.05, 4.69) is 24.1 Å². The van der Waals surface area contributed by atoms with Gasteiger partial charge in [-0.2, -0.15) is 0 Å². The number of hydrogen-bond acceptors (Lipinski definition) is 4. The number of oxazole rings is 1. The van der Waals surface area contributed by atoms with Gasteiger partial charge in [-0.05, 0) is 51.3 Å². The Labute approximate surface area is 147 Å². The minimum absolute atomic E-state index is 0.0150. The van der Waals surface area contributed by atoms with Gasteiger partial charge in [-0.25, -0.2) is 4.79 Å². The van der Waals surface area contributed by atoms with Gasteiger partial charge in [-0.15, -0.1) is 0 Å². The van der Waals surface area contributed by atoms with Crippen molar-refractivity contribution in [2.24, 2.45) is 5.92 Å². The van der Waals surface area contributed by atoms with Crippen LogP contribution in [-0.2, 0) is 11.3 Å². The van der Waals surface area contributed by atoms with Gasteiger partial charge >= 0.3 is 5.76 Å². The van der Waals surface area contributed by atoms with E-state index in [0.29, 0.717) is 30.6 Å². The molecule has 0 bridgehead atoms. The molecule has 1 N–H and O–H groups in total. The Bertz CT molecular complexity index is 778. The van der Waals surface area contributed by atoms with Gasteiger partial charge in [0.1, 0.15) is 0 Å². The molecule has 1 aliphatic heterocycles. The number of aryl methyl sites for hydroxylation is 1. The van der Waals surface area contributed by atoms with Crippen LogP contribution in [0.3, 0.4) is 0 Å². The Balaban J connectivity index is 1.50. The summed E-state index contributed by atoms with van der Waals surface area (Å²) in [5.74, 6) is 0.0882. The molecule has 0 aliphatic carbocycles. The number of rotatable bonds is 6. The highest BCUT2D eigenvalue weighted by Gasteiger charge is 2.22. The lowest BCUT2D eigenvalue weighted by molar-refractivity contribution is -0.121. The van der Waals surface area contributed by atoms with Gasteiger partial charge in [0.25, 0.3) is 0 Å². The zero-order valence-corrected chi connectivity index (χ0v) is 15.0. The minimum Gasteiger partial charge on any atom is -0.408 e. The van der Waals surface area contributed by atoms with Crippen LogP contribution in [-0.4, -0.2) is 41.1 Å². The molecule has 25 heavy (non-hydrogen) atoms. The first-order valence-electron chi connectivity index (χ1n) is 9.13. The zero-order valence-electron chi connectivity index (χ0n) is 15.0. The van der Waals surface area contributed by atoms with Crippen LogP contribution >= 0.6 is 0 Å². The number of amides is 1. The molecule has 6 nitrogen and oxygen atoms in total. The van der Waals surface area contributed by atoms with Crippen molar-refractivity contribution in [3.63, 3.8) is 0 Å². The molecule has 1 saturated heterocycles. The Morgan fingerprint density at radius 1 is 1.36 bits per heavy atom. The van der Waals surface area contributed by atoms with Gasteiger partial charge in [-0.3, -0.25) is 9.36 Å². The first-order valence-corrected chi connectivity index (χ1v) is 9.13. The highest BCUT2D eigenvalue weighted by Crippen LogP contribution is 2.17. The summed E-state index contributed by atoms with van der Waals surface area (Å²) in [4.78, 5) is 26.6. The van der Waals surface area contributed by atoms with Crippen molar-refractivity contribution in [2.45, 2.75) is 45.7 Å². The van der Waals surface area contributed by atoms with Crippen LogP contribution in [0.1, 0.15) is 33.1 Å². The smallest absolute Gasteiger partial charge is 0.408 e. The van der Waals surface area contributed by atoms with Crippen LogP contribution in [0.25, 0.3) is 11.1 Å². The summed E-state index contributed by atoms with van der Waals surface area (Å²) in [6, 6.07) is 7.83. The van der Waals surface area contributed by atoms with Crippen LogP contribution in [0.4, 0.5) is 0 Å². The van der Waals surface area contributed by atoms with E-state index >= 15 is 0 Å². The molecule has 1 aromatic heterocycles. The predicted molar refractivity (Wildman–Crippen MR) is 97.5 cm³/mol. The van der Waals surface area contributed by atoms with E-state index in [0.717, 1.165) is 25.0 Å². The van der Waals surface area contributed by atoms with Crippen LogP contribution in [0.5, 0.6) is 0 Å². The summed E-state index contributed by atoms with van der Waals surface area (Å²) in [5, 5.41) is 3.03. The van der Waals surface area contributed by atoms with Crippen molar-refractivity contribution in [3.05, 3.63) is 34.8 Å². The van der Waals surface area contributed by atoms with E-state index in [9.17, 15) is 9.59 Å². The van der Waals surface area contributed by atoms with Gasteiger partial charge in [0.15, 0.2) is 5.58 Å². The van der Waals surface area contributed by atoms with E-state index in [4.69, 9.17) is 4.42 Å². The minimum atomic E-state index is -0.408. The van der Waals surface area contributed by atoms with Gasteiger partial charge < -0.3 is 14.6 Å². The molecule has 3 rings (SSSR count). The average molecular weight is 345 g/mol. The van der Waals surface area contributed by atoms with Crippen molar-refractivity contribution >= 4 is 17.0 Å². The molecular formula is C19H27N3O3. The molecule has 1 atom stereocenters. The molecule has 136 valence electrons. The summed E-state index contributed by atoms with van der Waals surface area (Å²) < 4.78 is 6.71. The fourth-order valence-corrected chi connectivity index (χ4v) is 3.52. The number of aromatic nitrogens is 1. The van der Waals surface area contributed by atoms with Crippen molar-refractivity contribution in [1.29, 1.82) is 0 Å². The van der Waals surface area contributed by atoms with Crippen LogP contribution in [0, 0.1) is 5.92 Å². The van der Waals surface area contributed by atoms with Crippen molar-refractivity contribution in [1.82, 2.24) is 14.8 Å². The molecule has 6 heteroatoms. The summed E-state index contributed by atoms with van der Waals surface area (Å²) >= 11 is 0. The Morgan fingerprint density at radius 3 is 2.96 bits per heavy atom. The van der Waals surface area contributed by atoms with Crippen LogP contribution < -0.4 is 11.1 Å². The molecule has 0 saturated carbocycles. The third kappa shape index (κ3) is 4.31. The molecule has 1 aromatic carbocycles. The van der Waals surface area contributed by atoms with E-state index in [1.807, 2.05) is 18.2 Å². The Kier molecular flexibility index (Phi) is 5.58. The highest BCUT2D eigenvalue weighted by atomic mass is 16.4. The third-order valence-electron chi connectivity index (χ3n) is 5.00. The van der Waals surface area contributed by atoms with Crippen molar-refractivity contribution in [2.75, 3.05) is 19.6 Å². The molecule has 0 spiro atoms. The van der Waals surface area contributed by atoms with Crippen molar-refractivity contribution in [3.8, 4) is 0 Å². The number of fused-ring (bicyclic) bond motifs is 1. The van der Waals surface area contributed by atoms with Gasteiger partial charge in [0, 0.05) is 32.1 Å². The summed E-state index contributed by atoms with van der Waals surface area (Å²) in [6.07, 6.45) is 2.63. The van der Waals surface area contributed by atoms with E-state index in [1.54, 1.807) is 6.07 Å². The first kappa shape index (κ1) is 17.7. The van der Waals surface area contributed by atoms with E-state index in [1.165, 1.54) is 11.0 Å². The Morgan fingerprint density at radius 2 is 2.16 bits per heavy atom. The fraction of sp³-hybridized carbons (Fsp3) is 0.579. The second-order valence-electron chi connectivity index (χ2n) is 7.14. The maximum atomic E-state index is 12.2. The second-order valence-corrected chi connectivity index (χ2v) is 7.14. The van der Waals surface area contributed by atoms with Crippen LogP contribution in [0.2, 0.25) is 0 Å². The fourth-order valence-electron chi connectivity index (χ4n) is 3.52. The standard InChI is InChI=1S/C19H27N3O3/c1-14(2)21-10-5-6-15(13-21)12-20-18(23)9-11-22-16-7-3-4-8-17(16)25-19(22)24/h3-4,7-8,14-15H,5-6,9-13H2,1-2H3,(H,20,23)/t15-/m0/s1. The predicted octanol–water partition coefficient (Wildman–Crippen LogP) is 2.22. The van der Waals surface area contributed by atoms with Crippen molar-refractivity contribution < 1.29 is 9.21 Å². The van der Waals surface area contributed by atoms with Gasteiger partial charge in [-0.1, -0.05) is 12.1 Å². The number of hydrogen-bond donors (Lipinski definition) is 1. The number of carbonyl (C=O) groups excluding carboxylic acids is 1. The number of nitrogens with zero attached hydrogens (tertiary/aromatic N) is 2. The molecule has 1 aliphatic rings. The lowest BCUT2D eigenvalue weighted by atomic mass is 9.97. The monoisotopic (exact) mass is 345 g/mol. The lowest BCUT2D eigenvalue weighted by Crippen LogP contribution is -2.43. The Hall–Kier alpha value is -2.08. The number of carbonyl (C=O) groups is 1. The molecule has 2 heterocycles. The maximum absolute atomic E-state index is 12.2. The maximum Gasteiger partial charge on any atom is 0.419 e.